The van der Waals surface area contributed by atoms with E-state index >= 15 is 0 Å². The molecule has 0 fully saturated rings. The van der Waals surface area contributed by atoms with Gasteiger partial charge in [0.25, 0.3) is 0 Å². The fourth-order valence-electron chi connectivity index (χ4n) is 2.24. The number of carbonyl (C=O) groups excluding carboxylic acids is 2. The van der Waals surface area contributed by atoms with E-state index in [-0.39, 0.29) is 24.4 Å². The maximum atomic E-state index is 12.0. The molecule has 0 aromatic heterocycles. The second-order valence-corrected chi connectivity index (χ2v) is 5.74. The summed E-state index contributed by atoms with van der Waals surface area (Å²) < 4.78 is 0. The van der Waals surface area contributed by atoms with E-state index in [0.717, 1.165) is 17.7 Å². The molecular formula is C17H23N3O2. The largest absolute Gasteiger partial charge is 0.352 e. The fourth-order valence-corrected chi connectivity index (χ4v) is 2.24. The van der Waals surface area contributed by atoms with Crippen LogP contribution in [-0.2, 0) is 9.59 Å². The summed E-state index contributed by atoms with van der Waals surface area (Å²) in [4.78, 5) is 23.9. The van der Waals surface area contributed by atoms with E-state index in [1.807, 2.05) is 45.0 Å². The van der Waals surface area contributed by atoms with Gasteiger partial charge in [-0.05, 0) is 25.8 Å². The van der Waals surface area contributed by atoms with Crippen molar-refractivity contribution in [2.24, 2.45) is 5.10 Å². The van der Waals surface area contributed by atoms with Crippen molar-refractivity contribution >= 4 is 17.5 Å². The number of amides is 2. The van der Waals surface area contributed by atoms with Gasteiger partial charge in [-0.25, -0.2) is 5.01 Å². The lowest BCUT2D eigenvalue weighted by Crippen LogP contribution is -2.42. The average Bonchev–Trinajstić information content (AvgIpc) is 2.50. The number of benzene rings is 1. The number of nitrogens with zero attached hydrogens (tertiary/aromatic N) is 2. The minimum atomic E-state index is -0.170. The molecule has 1 aliphatic heterocycles. The van der Waals surface area contributed by atoms with Gasteiger partial charge in [-0.15, -0.1) is 0 Å². The number of nitrogens with one attached hydrogen (secondary N) is 1. The highest BCUT2D eigenvalue weighted by molar-refractivity contribution is 6.04. The Morgan fingerprint density at radius 3 is 2.64 bits per heavy atom. The van der Waals surface area contributed by atoms with Crippen LogP contribution in [0, 0.1) is 6.92 Å². The number of carbonyl (C=O) groups is 2. The maximum Gasteiger partial charge on any atom is 0.243 e. The molecule has 1 aliphatic rings. The lowest BCUT2D eigenvalue weighted by Gasteiger charge is -2.24. The number of hydrogen-bond donors (Lipinski definition) is 1. The highest BCUT2D eigenvalue weighted by Gasteiger charge is 2.23. The summed E-state index contributed by atoms with van der Waals surface area (Å²) in [5.41, 5.74) is 3.04. The first-order valence-corrected chi connectivity index (χ1v) is 7.74. The molecular weight excluding hydrogens is 278 g/mol. The van der Waals surface area contributed by atoms with Crippen molar-refractivity contribution < 1.29 is 9.59 Å². The predicted octanol–water partition coefficient (Wildman–Crippen LogP) is 2.24. The lowest BCUT2D eigenvalue weighted by atomic mass is 10.0. The van der Waals surface area contributed by atoms with Crippen molar-refractivity contribution in [3.63, 3.8) is 0 Å². The third-order valence-corrected chi connectivity index (χ3v) is 3.80. The molecule has 0 saturated heterocycles. The van der Waals surface area contributed by atoms with E-state index in [1.165, 1.54) is 10.6 Å². The van der Waals surface area contributed by atoms with Gasteiger partial charge >= 0.3 is 0 Å². The van der Waals surface area contributed by atoms with Gasteiger partial charge in [0.2, 0.25) is 11.8 Å². The molecule has 1 aromatic rings. The zero-order valence-electron chi connectivity index (χ0n) is 13.4. The third kappa shape index (κ3) is 4.16. The number of hydrazone groups is 1. The zero-order chi connectivity index (χ0) is 16.1. The van der Waals surface area contributed by atoms with Crippen molar-refractivity contribution in [3.05, 3.63) is 35.4 Å². The zero-order valence-corrected chi connectivity index (χ0v) is 13.4. The van der Waals surface area contributed by atoms with E-state index in [9.17, 15) is 9.59 Å². The molecule has 118 valence electrons. The Labute approximate surface area is 131 Å². The van der Waals surface area contributed by atoms with Gasteiger partial charge in [0.05, 0.1) is 5.71 Å². The van der Waals surface area contributed by atoms with Gasteiger partial charge in [-0.3, -0.25) is 9.59 Å². The van der Waals surface area contributed by atoms with Crippen molar-refractivity contribution in [2.45, 2.75) is 46.1 Å². The van der Waals surface area contributed by atoms with Gasteiger partial charge in [0.15, 0.2) is 0 Å². The summed E-state index contributed by atoms with van der Waals surface area (Å²) in [5, 5.41) is 8.52. The van der Waals surface area contributed by atoms with Gasteiger partial charge in [0, 0.05) is 18.9 Å². The van der Waals surface area contributed by atoms with Gasteiger partial charge in [-0.2, -0.15) is 5.10 Å². The van der Waals surface area contributed by atoms with E-state index in [4.69, 9.17) is 0 Å². The Morgan fingerprint density at radius 1 is 1.32 bits per heavy atom. The summed E-state index contributed by atoms with van der Waals surface area (Å²) in [5.74, 6) is -0.272. The minimum Gasteiger partial charge on any atom is -0.352 e. The first kappa shape index (κ1) is 16.2. The molecule has 2 rings (SSSR count). The standard InChI is InChI=1S/C17H23N3O2/c1-4-13(3)18-16(21)11-20-17(22)10-9-15(19-20)14-7-5-12(2)6-8-14/h5-8,13H,4,9-11H2,1-3H3,(H,18,21). The Balaban J connectivity index is 2.09. The summed E-state index contributed by atoms with van der Waals surface area (Å²) in [6, 6.07) is 8.15. The van der Waals surface area contributed by atoms with Crippen molar-refractivity contribution in [3.8, 4) is 0 Å². The van der Waals surface area contributed by atoms with Crippen LogP contribution < -0.4 is 5.32 Å². The Morgan fingerprint density at radius 2 is 2.00 bits per heavy atom. The molecule has 1 atom stereocenters. The molecule has 1 N–H and O–H groups in total. The van der Waals surface area contributed by atoms with E-state index < -0.39 is 0 Å². The summed E-state index contributed by atoms with van der Waals surface area (Å²) in [6.45, 7) is 5.96. The van der Waals surface area contributed by atoms with Crippen LogP contribution in [0.2, 0.25) is 0 Å². The number of aryl methyl sites for hydroxylation is 1. The molecule has 1 aromatic carbocycles. The number of hydrogen-bond acceptors (Lipinski definition) is 3. The van der Waals surface area contributed by atoms with Gasteiger partial charge < -0.3 is 5.32 Å². The maximum absolute atomic E-state index is 12.0. The second kappa shape index (κ2) is 7.20. The molecule has 0 radical (unpaired) electrons. The molecule has 22 heavy (non-hydrogen) atoms. The summed E-state index contributed by atoms with van der Waals surface area (Å²) in [6.07, 6.45) is 1.87. The molecule has 5 nitrogen and oxygen atoms in total. The molecule has 0 saturated carbocycles. The summed E-state index contributed by atoms with van der Waals surface area (Å²) in [7, 11) is 0. The van der Waals surface area contributed by atoms with Crippen molar-refractivity contribution in [1.82, 2.24) is 10.3 Å². The normalized spacial score (nSPS) is 16.2. The molecule has 1 unspecified atom stereocenters. The molecule has 1 heterocycles. The molecule has 0 spiro atoms. The highest BCUT2D eigenvalue weighted by Crippen LogP contribution is 2.15. The van der Waals surface area contributed by atoms with Crippen molar-refractivity contribution in [1.29, 1.82) is 0 Å². The quantitative estimate of drug-likeness (QED) is 0.906. The van der Waals surface area contributed by atoms with Crippen LogP contribution in [-0.4, -0.2) is 35.1 Å². The van der Waals surface area contributed by atoms with E-state index in [2.05, 4.69) is 10.4 Å². The SMILES string of the molecule is CCC(C)NC(=O)CN1N=C(c2ccc(C)cc2)CCC1=O. The second-order valence-electron chi connectivity index (χ2n) is 5.74. The first-order valence-electron chi connectivity index (χ1n) is 7.74. The van der Waals surface area contributed by atoms with Crippen molar-refractivity contribution in [2.75, 3.05) is 6.54 Å². The van der Waals surface area contributed by atoms with Crippen LogP contribution in [0.1, 0.15) is 44.2 Å². The Kier molecular flexibility index (Phi) is 5.31. The van der Waals surface area contributed by atoms with E-state index in [1.54, 1.807) is 0 Å². The molecule has 2 amide bonds. The van der Waals surface area contributed by atoms with Crippen LogP contribution in [0.3, 0.4) is 0 Å². The van der Waals surface area contributed by atoms with E-state index in [0.29, 0.717) is 12.8 Å². The Hall–Kier alpha value is -2.17. The smallest absolute Gasteiger partial charge is 0.243 e. The molecule has 5 heteroatoms. The van der Waals surface area contributed by atoms with Crippen LogP contribution >= 0.6 is 0 Å². The van der Waals surface area contributed by atoms with Crippen LogP contribution in [0.15, 0.2) is 29.4 Å². The third-order valence-electron chi connectivity index (χ3n) is 3.80. The topological polar surface area (TPSA) is 61.8 Å². The molecule has 0 aliphatic carbocycles. The highest BCUT2D eigenvalue weighted by atomic mass is 16.2. The van der Waals surface area contributed by atoms with Gasteiger partial charge in [0.1, 0.15) is 6.54 Å². The summed E-state index contributed by atoms with van der Waals surface area (Å²) >= 11 is 0. The predicted molar refractivity (Wildman–Crippen MR) is 86.6 cm³/mol. The Bertz CT molecular complexity index is 578. The number of rotatable bonds is 5. The fraction of sp³-hybridized carbons (Fsp3) is 0.471. The van der Waals surface area contributed by atoms with Crippen LogP contribution in [0.5, 0.6) is 0 Å². The average molecular weight is 301 g/mol. The van der Waals surface area contributed by atoms with Crippen LogP contribution in [0.25, 0.3) is 0 Å². The monoisotopic (exact) mass is 301 g/mol. The molecule has 0 bridgehead atoms. The van der Waals surface area contributed by atoms with Crippen LogP contribution in [0.4, 0.5) is 0 Å². The van der Waals surface area contributed by atoms with Gasteiger partial charge in [-0.1, -0.05) is 36.8 Å². The lowest BCUT2D eigenvalue weighted by molar-refractivity contribution is -0.136. The first-order chi connectivity index (χ1) is 10.5. The minimum absolute atomic E-state index is 0.0153.